The van der Waals surface area contributed by atoms with Gasteiger partial charge in [0, 0.05) is 9.88 Å². The van der Waals surface area contributed by atoms with Gasteiger partial charge in [-0.3, -0.25) is 0 Å². The minimum Gasteiger partial charge on any atom is -0.219 e. The summed E-state index contributed by atoms with van der Waals surface area (Å²) < 4.78 is 24.0. The highest BCUT2D eigenvalue weighted by Crippen LogP contribution is 2.16. The molecule has 0 atom stereocenters. The molecule has 14 heavy (non-hydrogen) atoms. The molecule has 0 bridgehead atoms. The van der Waals surface area contributed by atoms with Gasteiger partial charge in [-0.05, 0) is 24.3 Å². The summed E-state index contributed by atoms with van der Waals surface area (Å²) in [5.41, 5.74) is 0. The lowest BCUT2D eigenvalue weighted by Gasteiger charge is -1.97. The number of benzene rings is 1. The van der Waals surface area contributed by atoms with Gasteiger partial charge in [0.25, 0.3) is 0 Å². The Kier molecular flexibility index (Phi) is 3.66. The zero-order chi connectivity index (χ0) is 10.6. The summed E-state index contributed by atoms with van der Waals surface area (Å²) in [5.74, 6) is 0. The summed E-state index contributed by atoms with van der Waals surface area (Å²) >= 11 is 3.24. The van der Waals surface area contributed by atoms with Crippen LogP contribution in [0.15, 0.2) is 57.8 Å². The zero-order valence-corrected chi connectivity index (χ0v) is 9.75. The van der Waals surface area contributed by atoms with Gasteiger partial charge in [0.1, 0.15) is 0 Å². The highest BCUT2D eigenvalue weighted by molar-refractivity contribution is 9.10. The molecule has 1 rings (SSSR count). The van der Waals surface area contributed by atoms with E-state index in [9.17, 15) is 8.42 Å². The van der Waals surface area contributed by atoms with E-state index in [1.54, 1.807) is 24.3 Å². The summed E-state index contributed by atoms with van der Waals surface area (Å²) in [6, 6.07) is 6.48. The Bertz CT molecular complexity index is 444. The van der Waals surface area contributed by atoms with Crippen LogP contribution in [0.25, 0.3) is 0 Å². The van der Waals surface area contributed by atoms with Crippen LogP contribution in [0.4, 0.5) is 0 Å². The summed E-state index contributed by atoms with van der Waals surface area (Å²) in [6.07, 6.45) is 2.83. The Hall–Kier alpha value is -0.870. The van der Waals surface area contributed by atoms with E-state index in [1.807, 2.05) is 0 Å². The number of halogens is 1. The quantitative estimate of drug-likeness (QED) is 0.793. The predicted molar refractivity (Wildman–Crippen MR) is 60.7 cm³/mol. The molecular weight excluding hydrogens is 264 g/mol. The lowest BCUT2D eigenvalue weighted by atomic mass is 10.4. The minimum atomic E-state index is -3.31. The Morgan fingerprint density at radius 1 is 1.21 bits per heavy atom. The minimum absolute atomic E-state index is 0.277. The van der Waals surface area contributed by atoms with Crippen molar-refractivity contribution in [1.82, 2.24) is 0 Å². The van der Waals surface area contributed by atoms with E-state index in [2.05, 4.69) is 22.5 Å². The molecule has 2 nitrogen and oxygen atoms in total. The first-order valence-corrected chi connectivity index (χ1v) is 6.20. The van der Waals surface area contributed by atoms with Gasteiger partial charge in [0.05, 0.1) is 4.90 Å². The van der Waals surface area contributed by atoms with E-state index in [0.29, 0.717) is 0 Å². The Morgan fingerprint density at radius 3 is 2.29 bits per heavy atom. The monoisotopic (exact) mass is 272 g/mol. The lowest BCUT2D eigenvalue weighted by Crippen LogP contribution is -1.95. The fraction of sp³-hybridized carbons (Fsp3) is 0. The number of rotatable bonds is 3. The molecule has 0 amide bonds. The number of hydrogen-bond acceptors (Lipinski definition) is 2. The van der Waals surface area contributed by atoms with Gasteiger partial charge in [0.2, 0.25) is 0 Å². The van der Waals surface area contributed by atoms with Gasteiger partial charge in [0.15, 0.2) is 9.84 Å². The molecule has 4 heteroatoms. The first-order valence-electron chi connectivity index (χ1n) is 3.86. The molecule has 0 aromatic heterocycles. The van der Waals surface area contributed by atoms with Crippen molar-refractivity contribution in [3.8, 4) is 0 Å². The van der Waals surface area contributed by atoms with Crippen LogP contribution in [-0.4, -0.2) is 8.42 Å². The summed E-state index contributed by atoms with van der Waals surface area (Å²) in [6.45, 7) is 3.41. The molecule has 74 valence electrons. The molecule has 0 heterocycles. The summed E-state index contributed by atoms with van der Waals surface area (Å²) in [4.78, 5) is 0.277. The van der Waals surface area contributed by atoms with Crippen molar-refractivity contribution in [2.75, 3.05) is 0 Å². The third-order valence-electron chi connectivity index (χ3n) is 1.54. The predicted octanol–water partition coefficient (Wildman–Crippen LogP) is 2.92. The fourth-order valence-corrected chi connectivity index (χ4v) is 2.12. The van der Waals surface area contributed by atoms with Crippen LogP contribution in [0, 0.1) is 0 Å². The molecule has 0 radical (unpaired) electrons. The molecule has 0 aliphatic carbocycles. The van der Waals surface area contributed by atoms with Gasteiger partial charge in [-0.1, -0.05) is 34.7 Å². The highest BCUT2D eigenvalue weighted by Gasteiger charge is 2.08. The average Bonchev–Trinajstić information content (AvgIpc) is 2.16. The van der Waals surface area contributed by atoms with E-state index in [-0.39, 0.29) is 4.90 Å². The molecule has 1 aromatic rings. The molecule has 0 fully saturated rings. The van der Waals surface area contributed by atoms with E-state index in [0.717, 1.165) is 9.88 Å². The topological polar surface area (TPSA) is 34.1 Å². The molecule has 0 unspecified atom stereocenters. The summed E-state index contributed by atoms with van der Waals surface area (Å²) in [5, 5.41) is 1.13. The molecule has 0 N–H and O–H groups in total. The van der Waals surface area contributed by atoms with E-state index < -0.39 is 9.84 Å². The third-order valence-corrected chi connectivity index (χ3v) is 3.51. The van der Waals surface area contributed by atoms with Crippen LogP contribution in [0.1, 0.15) is 0 Å². The van der Waals surface area contributed by atoms with Crippen molar-refractivity contribution >= 4 is 25.8 Å². The number of allylic oxidation sites excluding steroid dienone is 2. The van der Waals surface area contributed by atoms with Gasteiger partial charge in [-0.2, -0.15) is 0 Å². The zero-order valence-electron chi connectivity index (χ0n) is 7.35. The molecule has 1 aromatic carbocycles. The Balaban J connectivity index is 3.11. The first kappa shape index (κ1) is 11.2. The number of hydrogen-bond donors (Lipinski definition) is 0. The van der Waals surface area contributed by atoms with Crippen molar-refractivity contribution in [2.24, 2.45) is 0 Å². The van der Waals surface area contributed by atoms with E-state index in [1.165, 1.54) is 12.2 Å². The maximum Gasteiger partial charge on any atom is 0.199 e. The average molecular weight is 273 g/mol. The van der Waals surface area contributed by atoms with Gasteiger partial charge in [-0.25, -0.2) is 8.42 Å². The van der Waals surface area contributed by atoms with Gasteiger partial charge < -0.3 is 0 Å². The first-order chi connectivity index (χ1) is 6.56. The molecule has 0 spiro atoms. The van der Waals surface area contributed by atoms with Gasteiger partial charge >= 0.3 is 0 Å². The Morgan fingerprint density at radius 2 is 1.79 bits per heavy atom. The van der Waals surface area contributed by atoms with Crippen LogP contribution in [0.2, 0.25) is 0 Å². The maximum atomic E-state index is 11.6. The molecule has 0 saturated heterocycles. The SMILES string of the molecule is C=CC=CS(=O)(=O)c1ccc(Br)cc1. The normalized spacial score (nSPS) is 11.8. The molecule has 0 saturated carbocycles. The van der Waals surface area contributed by atoms with Crippen LogP contribution >= 0.6 is 15.9 Å². The van der Waals surface area contributed by atoms with Crippen molar-refractivity contribution < 1.29 is 8.42 Å². The van der Waals surface area contributed by atoms with Crippen molar-refractivity contribution in [2.45, 2.75) is 4.90 Å². The molecular formula is C10H9BrO2S. The molecule has 0 aliphatic rings. The smallest absolute Gasteiger partial charge is 0.199 e. The van der Waals surface area contributed by atoms with Crippen molar-refractivity contribution in [3.05, 3.63) is 52.9 Å². The van der Waals surface area contributed by atoms with E-state index in [4.69, 9.17) is 0 Å². The highest BCUT2D eigenvalue weighted by atomic mass is 79.9. The Labute approximate surface area is 92.0 Å². The fourth-order valence-electron chi connectivity index (χ4n) is 0.862. The largest absolute Gasteiger partial charge is 0.219 e. The lowest BCUT2D eigenvalue weighted by molar-refractivity contribution is 0.604. The van der Waals surface area contributed by atoms with Crippen LogP contribution in [0.3, 0.4) is 0 Å². The molecule has 0 aliphatic heterocycles. The third kappa shape index (κ3) is 2.82. The number of sulfone groups is 1. The van der Waals surface area contributed by atoms with Gasteiger partial charge in [-0.15, -0.1) is 0 Å². The maximum absolute atomic E-state index is 11.6. The van der Waals surface area contributed by atoms with Crippen LogP contribution in [-0.2, 0) is 9.84 Å². The van der Waals surface area contributed by atoms with Crippen molar-refractivity contribution in [3.63, 3.8) is 0 Å². The van der Waals surface area contributed by atoms with Crippen molar-refractivity contribution in [1.29, 1.82) is 0 Å². The summed E-state index contributed by atoms with van der Waals surface area (Å²) in [7, 11) is -3.31. The second kappa shape index (κ2) is 4.57. The van der Waals surface area contributed by atoms with E-state index >= 15 is 0 Å². The second-order valence-corrected chi connectivity index (χ2v) is 5.31. The second-order valence-electron chi connectivity index (χ2n) is 2.56. The van der Waals surface area contributed by atoms with Crippen LogP contribution in [0.5, 0.6) is 0 Å². The standard InChI is InChI=1S/C10H9BrO2S/c1-2-3-8-14(12,13)10-6-4-9(11)5-7-10/h2-8H,1H2. The van der Waals surface area contributed by atoms with Crippen LogP contribution < -0.4 is 0 Å².